The van der Waals surface area contributed by atoms with Gasteiger partial charge in [-0.05, 0) is 44.0 Å². The topological polar surface area (TPSA) is 67.3 Å². The van der Waals surface area contributed by atoms with Gasteiger partial charge in [0.15, 0.2) is 17.4 Å². The maximum Gasteiger partial charge on any atom is 0.229 e. The van der Waals surface area contributed by atoms with E-state index in [1.807, 2.05) is 0 Å². The number of ether oxygens (including phenoxy) is 1. The average molecular weight is 453 g/mol. The molecule has 1 aliphatic rings. The molecule has 0 bridgehead atoms. The fraction of sp³-hybridized carbons (Fsp3) is 0.292. The molecule has 1 saturated heterocycles. The first-order valence-electron chi connectivity index (χ1n) is 10.5. The van der Waals surface area contributed by atoms with Gasteiger partial charge in [0.05, 0.1) is 13.0 Å². The van der Waals surface area contributed by atoms with Gasteiger partial charge >= 0.3 is 0 Å². The van der Waals surface area contributed by atoms with Gasteiger partial charge in [0.2, 0.25) is 5.91 Å². The minimum Gasteiger partial charge on any atom is -0.494 e. The van der Waals surface area contributed by atoms with Crippen LogP contribution in [0.2, 0.25) is 0 Å². The highest BCUT2D eigenvalue weighted by atomic mass is 32.2. The molecule has 1 N–H and O–H groups in total. The van der Waals surface area contributed by atoms with Crippen molar-refractivity contribution in [3.63, 3.8) is 0 Å². The molecule has 1 fully saturated rings. The summed E-state index contributed by atoms with van der Waals surface area (Å²) in [6.45, 7) is 3.40. The van der Waals surface area contributed by atoms with Crippen molar-refractivity contribution >= 4 is 29.2 Å². The van der Waals surface area contributed by atoms with Gasteiger partial charge in [0.25, 0.3) is 0 Å². The number of benzene rings is 2. The highest BCUT2D eigenvalue weighted by Gasteiger charge is 2.28. The van der Waals surface area contributed by atoms with Crippen molar-refractivity contribution in [2.24, 2.45) is 5.92 Å². The Kier molecular flexibility index (Phi) is 6.90. The molecule has 1 amide bonds. The summed E-state index contributed by atoms with van der Waals surface area (Å²) >= 11 is 1.56. The maximum atomic E-state index is 14.0. The summed E-state index contributed by atoms with van der Waals surface area (Å²) in [6.07, 6.45) is 4.99. The standard InChI is InChI=1S/C24H25FN4O2S/c1-16-5-8-19(9-6-16)32-24-22(26-11-12-27-24)29-13-3-4-17(15-29)23(30)28-18-7-10-21(31-2)20(25)14-18/h5-12,14,17H,3-4,13,15H2,1-2H3,(H,28,30)/t17-/m1/s1. The average Bonchev–Trinajstić information content (AvgIpc) is 2.81. The van der Waals surface area contributed by atoms with E-state index in [4.69, 9.17) is 4.74 Å². The molecule has 0 saturated carbocycles. The number of hydrogen-bond acceptors (Lipinski definition) is 6. The summed E-state index contributed by atoms with van der Waals surface area (Å²) in [5, 5.41) is 3.65. The number of anilines is 2. The van der Waals surface area contributed by atoms with Gasteiger partial charge < -0.3 is 15.0 Å². The number of carbonyl (C=O) groups excluding carboxylic acids is 1. The molecule has 166 valence electrons. The van der Waals surface area contributed by atoms with E-state index < -0.39 is 5.82 Å². The smallest absolute Gasteiger partial charge is 0.229 e. The van der Waals surface area contributed by atoms with E-state index in [0.717, 1.165) is 35.1 Å². The molecule has 3 aromatic rings. The van der Waals surface area contributed by atoms with Gasteiger partial charge in [-0.2, -0.15) is 0 Å². The van der Waals surface area contributed by atoms with Gasteiger partial charge in [0, 0.05) is 42.1 Å². The Labute approximate surface area is 191 Å². The van der Waals surface area contributed by atoms with Crippen molar-refractivity contribution in [3.8, 4) is 5.75 Å². The van der Waals surface area contributed by atoms with E-state index in [-0.39, 0.29) is 17.6 Å². The summed E-state index contributed by atoms with van der Waals surface area (Å²) in [5.74, 6) is 0.0658. The van der Waals surface area contributed by atoms with Crippen LogP contribution < -0.4 is 15.0 Å². The third-order valence-electron chi connectivity index (χ3n) is 5.39. The second-order valence-corrected chi connectivity index (χ2v) is 8.79. The van der Waals surface area contributed by atoms with E-state index in [1.54, 1.807) is 30.2 Å². The number of aromatic nitrogens is 2. The lowest BCUT2D eigenvalue weighted by molar-refractivity contribution is -0.120. The van der Waals surface area contributed by atoms with Crippen LogP contribution in [0.15, 0.2) is 64.8 Å². The Morgan fingerprint density at radius 3 is 2.72 bits per heavy atom. The van der Waals surface area contributed by atoms with Crippen molar-refractivity contribution < 1.29 is 13.9 Å². The summed E-state index contributed by atoms with van der Waals surface area (Å²) in [4.78, 5) is 25.2. The number of rotatable bonds is 6. The monoisotopic (exact) mass is 452 g/mol. The Hall–Kier alpha value is -3.13. The molecule has 1 aliphatic heterocycles. The number of piperidine rings is 1. The number of methoxy groups -OCH3 is 1. The van der Waals surface area contributed by atoms with Gasteiger partial charge in [-0.1, -0.05) is 29.5 Å². The van der Waals surface area contributed by atoms with E-state index in [9.17, 15) is 9.18 Å². The fourth-order valence-electron chi connectivity index (χ4n) is 3.70. The van der Waals surface area contributed by atoms with Crippen LogP contribution in [0.1, 0.15) is 18.4 Å². The lowest BCUT2D eigenvalue weighted by Crippen LogP contribution is -2.41. The molecular weight excluding hydrogens is 427 g/mol. The van der Waals surface area contributed by atoms with Crippen LogP contribution in [0.3, 0.4) is 0 Å². The van der Waals surface area contributed by atoms with Crippen molar-refractivity contribution in [2.45, 2.75) is 29.7 Å². The molecule has 32 heavy (non-hydrogen) atoms. The highest BCUT2D eigenvalue weighted by Crippen LogP contribution is 2.34. The SMILES string of the molecule is COc1ccc(NC(=O)[C@@H]2CCCN(c3nccnc3Sc3ccc(C)cc3)C2)cc1F. The zero-order valence-electron chi connectivity index (χ0n) is 18.0. The zero-order valence-corrected chi connectivity index (χ0v) is 18.9. The van der Waals surface area contributed by atoms with E-state index in [0.29, 0.717) is 12.2 Å². The molecular formula is C24H25FN4O2S. The molecule has 2 heterocycles. The lowest BCUT2D eigenvalue weighted by Gasteiger charge is -2.33. The van der Waals surface area contributed by atoms with Crippen molar-refractivity contribution in [1.82, 2.24) is 9.97 Å². The Morgan fingerprint density at radius 1 is 1.19 bits per heavy atom. The summed E-state index contributed by atoms with van der Waals surface area (Å²) in [6, 6.07) is 12.7. The molecule has 1 atom stereocenters. The number of aryl methyl sites for hydroxylation is 1. The quantitative estimate of drug-likeness (QED) is 0.572. The second kappa shape index (κ2) is 9.99. The minimum absolute atomic E-state index is 0.129. The number of hydrogen-bond donors (Lipinski definition) is 1. The highest BCUT2D eigenvalue weighted by molar-refractivity contribution is 7.99. The molecule has 1 aromatic heterocycles. The third kappa shape index (κ3) is 5.19. The normalized spacial score (nSPS) is 16.0. The Bertz CT molecular complexity index is 1090. The van der Waals surface area contributed by atoms with E-state index in [1.165, 1.54) is 24.8 Å². The number of halogens is 1. The van der Waals surface area contributed by atoms with Crippen molar-refractivity contribution in [1.29, 1.82) is 0 Å². The molecule has 0 radical (unpaired) electrons. The van der Waals surface area contributed by atoms with Gasteiger partial charge in [-0.25, -0.2) is 14.4 Å². The van der Waals surface area contributed by atoms with E-state index >= 15 is 0 Å². The first-order chi connectivity index (χ1) is 15.5. The maximum absolute atomic E-state index is 14.0. The van der Waals surface area contributed by atoms with Gasteiger partial charge in [-0.15, -0.1) is 0 Å². The predicted molar refractivity (Wildman–Crippen MR) is 124 cm³/mol. The largest absolute Gasteiger partial charge is 0.494 e. The fourth-order valence-corrected chi connectivity index (χ4v) is 4.58. The van der Waals surface area contributed by atoms with Crippen LogP contribution >= 0.6 is 11.8 Å². The Balaban J connectivity index is 1.46. The molecule has 0 spiro atoms. The van der Waals surface area contributed by atoms with Crippen LogP contribution in [0.4, 0.5) is 15.9 Å². The third-order valence-corrected chi connectivity index (χ3v) is 6.38. The summed E-state index contributed by atoms with van der Waals surface area (Å²) < 4.78 is 18.9. The van der Waals surface area contributed by atoms with Gasteiger partial charge in [0.1, 0.15) is 5.03 Å². The zero-order chi connectivity index (χ0) is 22.5. The number of carbonyl (C=O) groups is 1. The molecule has 8 heteroatoms. The first-order valence-corrected chi connectivity index (χ1v) is 11.3. The molecule has 6 nitrogen and oxygen atoms in total. The number of amides is 1. The van der Waals surface area contributed by atoms with Crippen LogP contribution in [-0.2, 0) is 4.79 Å². The molecule has 0 aliphatic carbocycles. The van der Waals surface area contributed by atoms with Crippen LogP contribution in [0.5, 0.6) is 5.75 Å². The van der Waals surface area contributed by atoms with E-state index in [2.05, 4.69) is 51.4 Å². The van der Waals surface area contributed by atoms with Crippen molar-refractivity contribution in [2.75, 3.05) is 30.4 Å². The lowest BCUT2D eigenvalue weighted by atomic mass is 9.97. The number of nitrogens with zero attached hydrogens (tertiary/aromatic N) is 3. The molecule has 2 aromatic carbocycles. The molecule has 4 rings (SSSR count). The Morgan fingerprint density at radius 2 is 1.97 bits per heavy atom. The second-order valence-electron chi connectivity index (χ2n) is 7.72. The number of nitrogens with one attached hydrogen (secondary N) is 1. The van der Waals surface area contributed by atoms with Crippen LogP contribution in [-0.4, -0.2) is 36.1 Å². The van der Waals surface area contributed by atoms with Gasteiger partial charge in [-0.3, -0.25) is 4.79 Å². The summed E-state index contributed by atoms with van der Waals surface area (Å²) in [7, 11) is 1.41. The predicted octanol–water partition coefficient (Wildman–Crippen LogP) is 4.94. The first kappa shape index (κ1) is 22.1. The van der Waals surface area contributed by atoms with Crippen LogP contribution in [0, 0.1) is 18.7 Å². The van der Waals surface area contributed by atoms with Crippen molar-refractivity contribution in [3.05, 3.63) is 66.2 Å². The summed E-state index contributed by atoms with van der Waals surface area (Å²) in [5.41, 5.74) is 1.62. The molecule has 0 unspecified atom stereocenters. The van der Waals surface area contributed by atoms with Crippen LogP contribution in [0.25, 0.3) is 0 Å². The minimum atomic E-state index is -0.507.